The number of methoxy groups -OCH3 is 1. The molecule has 9 nitrogen and oxygen atoms in total. The highest BCUT2D eigenvalue weighted by Gasteiger charge is 2.33. The predicted molar refractivity (Wildman–Crippen MR) is 165 cm³/mol. The van der Waals surface area contributed by atoms with E-state index < -0.39 is 16.9 Å². The van der Waals surface area contributed by atoms with Crippen LogP contribution in [0.2, 0.25) is 0 Å². The van der Waals surface area contributed by atoms with Crippen LogP contribution >= 0.6 is 11.3 Å². The highest BCUT2D eigenvalue weighted by molar-refractivity contribution is 7.07. The van der Waals surface area contributed by atoms with Crippen LogP contribution in [-0.4, -0.2) is 22.6 Å². The average Bonchev–Trinajstić information content (AvgIpc) is 3.34. The minimum atomic E-state index is -0.659. The molecule has 0 fully saturated rings. The molecule has 1 aliphatic heterocycles. The molecule has 0 amide bonds. The summed E-state index contributed by atoms with van der Waals surface area (Å²) in [6, 6.07) is 20.6. The number of aromatic nitrogens is 1. The first kappa shape index (κ1) is 29.4. The molecule has 0 saturated heterocycles. The highest BCUT2D eigenvalue weighted by Crippen LogP contribution is 2.31. The van der Waals surface area contributed by atoms with Crippen molar-refractivity contribution in [3.8, 4) is 5.75 Å². The number of allylic oxidation sites excluding steroid dienone is 2. The van der Waals surface area contributed by atoms with Gasteiger partial charge in [0, 0.05) is 12.1 Å². The molecule has 43 heavy (non-hydrogen) atoms. The Hall–Kier alpha value is -5.09. The van der Waals surface area contributed by atoms with Crippen molar-refractivity contribution in [2.24, 2.45) is 4.99 Å². The molecule has 218 valence electrons. The minimum absolute atomic E-state index is 0.0215. The van der Waals surface area contributed by atoms with Gasteiger partial charge in [0.2, 0.25) is 0 Å². The lowest BCUT2D eigenvalue weighted by Crippen LogP contribution is -2.40. The van der Waals surface area contributed by atoms with Crippen LogP contribution in [-0.2, 0) is 22.6 Å². The summed E-state index contributed by atoms with van der Waals surface area (Å²) in [6.07, 6.45) is 4.62. The van der Waals surface area contributed by atoms with E-state index in [1.807, 2.05) is 61.5 Å². The van der Waals surface area contributed by atoms with Crippen molar-refractivity contribution in [1.82, 2.24) is 4.57 Å². The standard InChI is InChI=1S/C33H29N3O6S/c1-4-9-24-18-22(14-17-27(24)42-20-21-12-15-25(16-13-21)36(39)40)19-28-31(37)35-30(23-10-7-6-8-11-23)29(32(38)41-3)26(5-2)34-33(35)43-28/h4,6-8,10-19,30H,1,5,9,20H2,2-3H3/b28-19-/t30-/m1/s1. The van der Waals surface area contributed by atoms with Crippen molar-refractivity contribution >= 4 is 29.1 Å². The number of non-ortho nitro benzene ring substituents is 1. The topological polar surface area (TPSA) is 113 Å². The Morgan fingerprint density at radius 1 is 1.14 bits per heavy atom. The van der Waals surface area contributed by atoms with Crippen LogP contribution in [0.1, 0.15) is 41.6 Å². The summed E-state index contributed by atoms with van der Waals surface area (Å²) in [5.41, 5.74) is 3.98. The predicted octanol–water partition coefficient (Wildman–Crippen LogP) is 5.01. The molecule has 0 radical (unpaired) electrons. The van der Waals surface area contributed by atoms with Crippen LogP contribution in [0.3, 0.4) is 0 Å². The zero-order chi connectivity index (χ0) is 30.5. The number of esters is 1. The van der Waals surface area contributed by atoms with E-state index in [2.05, 4.69) is 6.58 Å². The average molecular weight is 596 g/mol. The van der Waals surface area contributed by atoms with Crippen molar-refractivity contribution in [1.29, 1.82) is 0 Å². The first-order chi connectivity index (χ1) is 20.8. The van der Waals surface area contributed by atoms with Crippen molar-refractivity contribution in [2.45, 2.75) is 32.4 Å². The number of carbonyl (C=O) groups excluding carboxylic acids is 1. The van der Waals surface area contributed by atoms with Gasteiger partial charge >= 0.3 is 5.97 Å². The maximum Gasteiger partial charge on any atom is 0.338 e. The summed E-state index contributed by atoms with van der Waals surface area (Å²) in [7, 11) is 1.33. The van der Waals surface area contributed by atoms with Gasteiger partial charge in [0.1, 0.15) is 12.4 Å². The second-order valence-corrected chi connectivity index (χ2v) is 10.8. The molecule has 0 aliphatic carbocycles. The van der Waals surface area contributed by atoms with Gasteiger partial charge in [0.25, 0.3) is 11.2 Å². The van der Waals surface area contributed by atoms with Crippen LogP contribution < -0.4 is 19.6 Å². The third-order valence-corrected chi connectivity index (χ3v) is 8.04. The molecular formula is C33H29N3O6S. The number of ether oxygens (including phenoxy) is 2. The van der Waals surface area contributed by atoms with E-state index >= 15 is 0 Å². The molecule has 3 aromatic carbocycles. The van der Waals surface area contributed by atoms with E-state index in [-0.39, 0.29) is 17.9 Å². The van der Waals surface area contributed by atoms with Crippen LogP contribution in [0, 0.1) is 10.1 Å². The Balaban J connectivity index is 1.52. The van der Waals surface area contributed by atoms with Crippen LogP contribution in [0.4, 0.5) is 5.69 Å². The van der Waals surface area contributed by atoms with Crippen LogP contribution in [0.15, 0.2) is 107 Å². The lowest BCUT2D eigenvalue weighted by molar-refractivity contribution is -0.384. The quantitative estimate of drug-likeness (QED) is 0.110. The first-order valence-electron chi connectivity index (χ1n) is 13.6. The van der Waals surface area contributed by atoms with Crippen molar-refractivity contribution in [3.05, 3.63) is 149 Å². The summed E-state index contributed by atoms with van der Waals surface area (Å²) in [4.78, 5) is 42.5. The second kappa shape index (κ2) is 12.8. The first-order valence-corrected chi connectivity index (χ1v) is 14.4. The number of carbonyl (C=O) groups is 1. The fourth-order valence-corrected chi connectivity index (χ4v) is 6.01. The van der Waals surface area contributed by atoms with Gasteiger partial charge in [-0.25, -0.2) is 9.79 Å². The van der Waals surface area contributed by atoms with E-state index in [4.69, 9.17) is 14.5 Å². The molecule has 4 aromatic rings. The molecule has 1 atom stereocenters. The molecule has 10 heteroatoms. The van der Waals surface area contributed by atoms with E-state index in [0.29, 0.717) is 39.2 Å². The maximum atomic E-state index is 13.9. The highest BCUT2D eigenvalue weighted by atomic mass is 32.1. The van der Waals surface area contributed by atoms with Gasteiger partial charge in [-0.2, -0.15) is 0 Å². The molecule has 2 heterocycles. The van der Waals surface area contributed by atoms with Crippen molar-refractivity contribution < 1.29 is 19.2 Å². The van der Waals surface area contributed by atoms with Gasteiger partial charge in [0.15, 0.2) is 4.80 Å². The zero-order valence-corrected chi connectivity index (χ0v) is 24.5. The Kier molecular flexibility index (Phi) is 8.77. The lowest BCUT2D eigenvalue weighted by Gasteiger charge is -2.25. The summed E-state index contributed by atoms with van der Waals surface area (Å²) in [6.45, 7) is 6.02. The molecule has 0 saturated carbocycles. The van der Waals surface area contributed by atoms with E-state index in [9.17, 15) is 19.7 Å². The number of thiazole rings is 1. The van der Waals surface area contributed by atoms with Crippen molar-refractivity contribution in [3.63, 3.8) is 0 Å². The van der Waals surface area contributed by atoms with Crippen LogP contribution in [0.25, 0.3) is 6.08 Å². The van der Waals surface area contributed by atoms with Gasteiger partial charge in [0.05, 0.1) is 33.9 Å². The van der Waals surface area contributed by atoms with Gasteiger partial charge in [-0.05, 0) is 65.4 Å². The summed E-state index contributed by atoms with van der Waals surface area (Å²) in [5, 5.41) is 10.9. The number of benzene rings is 3. The summed E-state index contributed by atoms with van der Waals surface area (Å²) in [5.74, 6) is 0.137. The molecule has 0 bridgehead atoms. The van der Waals surface area contributed by atoms with Gasteiger partial charge < -0.3 is 9.47 Å². The fraction of sp³-hybridized carbons (Fsp3) is 0.182. The molecule has 0 N–H and O–H groups in total. The molecular weight excluding hydrogens is 566 g/mol. The number of nitro groups is 1. The number of nitro benzene ring substituents is 1. The largest absolute Gasteiger partial charge is 0.489 e. The van der Waals surface area contributed by atoms with E-state index in [1.54, 1.807) is 22.8 Å². The van der Waals surface area contributed by atoms with Gasteiger partial charge in [-0.15, -0.1) is 6.58 Å². The fourth-order valence-electron chi connectivity index (χ4n) is 4.99. The smallest absolute Gasteiger partial charge is 0.338 e. The normalized spacial score (nSPS) is 14.6. The Morgan fingerprint density at radius 3 is 2.53 bits per heavy atom. The SMILES string of the molecule is C=CCc1cc(/C=c2\sc3n(c2=O)[C@H](c2ccccc2)C(C(=O)OC)=C(CC)N=3)ccc1OCc1ccc([N+](=O)[O-])cc1. The maximum absolute atomic E-state index is 13.9. The number of fused-ring (bicyclic) bond motifs is 1. The minimum Gasteiger partial charge on any atom is -0.489 e. The van der Waals surface area contributed by atoms with Crippen LogP contribution in [0.5, 0.6) is 5.75 Å². The molecule has 0 unspecified atom stereocenters. The number of rotatable bonds is 10. The molecule has 0 spiro atoms. The van der Waals surface area contributed by atoms with Gasteiger partial charge in [-0.3, -0.25) is 19.5 Å². The summed E-state index contributed by atoms with van der Waals surface area (Å²) >= 11 is 1.27. The Labute approximate surface area is 251 Å². The Morgan fingerprint density at radius 2 is 1.88 bits per heavy atom. The van der Waals surface area contributed by atoms with Gasteiger partial charge in [-0.1, -0.05) is 60.7 Å². The monoisotopic (exact) mass is 595 g/mol. The number of hydrogen-bond acceptors (Lipinski definition) is 8. The Bertz CT molecular complexity index is 1910. The third kappa shape index (κ3) is 6.09. The molecule has 1 aromatic heterocycles. The third-order valence-electron chi connectivity index (χ3n) is 7.05. The summed E-state index contributed by atoms with van der Waals surface area (Å²) < 4.78 is 13.2. The van der Waals surface area contributed by atoms with E-state index in [1.165, 1.54) is 30.6 Å². The van der Waals surface area contributed by atoms with E-state index in [0.717, 1.165) is 22.3 Å². The molecule has 1 aliphatic rings. The lowest BCUT2D eigenvalue weighted by atomic mass is 9.95. The molecule has 5 rings (SSSR count). The number of nitrogens with zero attached hydrogens (tertiary/aromatic N) is 3. The number of hydrogen-bond donors (Lipinski definition) is 0. The second-order valence-electron chi connectivity index (χ2n) is 9.77. The van der Waals surface area contributed by atoms with Crippen molar-refractivity contribution in [2.75, 3.05) is 7.11 Å². The zero-order valence-electron chi connectivity index (χ0n) is 23.7.